The van der Waals surface area contributed by atoms with Crippen molar-refractivity contribution in [2.75, 3.05) is 10.8 Å². The topological polar surface area (TPSA) is 107 Å². The first-order valence-corrected chi connectivity index (χ1v) is 9.66. The fraction of sp³-hybridized carbons (Fsp3) is 0.235. The van der Waals surface area contributed by atoms with Gasteiger partial charge in [-0.3, -0.25) is 19.2 Å². The zero-order chi connectivity index (χ0) is 20.2. The van der Waals surface area contributed by atoms with E-state index in [9.17, 15) is 23.3 Å². The quantitative estimate of drug-likeness (QED) is 0.392. The number of hydrogen-bond donors (Lipinski definition) is 0. The van der Waals surface area contributed by atoms with Gasteiger partial charge in [0, 0.05) is 12.1 Å². The number of benzene rings is 2. The van der Waals surface area contributed by atoms with Crippen molar-refractivity contribution in [1.82, 2.24) is 0 Å². The lowest BCUT2D eigenvalue weighted by atomic mass is 10.3. The van der Waals surface area contributed by atoms with Crippen LogP contribution in [-0.2, 0) is 19.6 Å². The summed E-state index contributed by atoms with van der Waals surface area (Å²) in [5.74, 6) is -0.779. The molecule has 0 N–H and O–H groups in total. The van der Waals surface area contributed by atoms with Crippen molar-refractivity contribution in [2.24, 2.45) is 0 Å². The highest BCUT2D eigenvalue weighted by Crippen LogP contribution is 2.31. The number of nitrogens with zero attached hydrogens (tertiary/aromatic N) is 2. The third kappa shape index (κ3) is 4.95. The normalized spacial score (nSPS) is 11.3. The first-order valence-electron chi connectivity index (χ1n) is 7.84. The summed E-state index contributed by atoms with van der Waals surface area (Å²) in [7, 11) is -4.32. The number of hydrogen-bond acceptors (Lipinski definition) is 6. The van der Waals surface area contributed by atoms with Gasteiger partial charge in [0.1, 0.15) is 6.54 Å². The van der Waals surface area contributed by atoms with E-state index < -0.39 is 33.6 Å². The Bertz CT molecular complexity index is 961. The van der Waals surface area contributed by atoms with Crippen LogP contribution in [0.1, 0.15) is 13.8 Å². The minimum absolute atomic E-state index is 0.0615. The molecule has 2 aromatic carbocycles. The summed E-state index contributed by atoms with van der Waals surface area (Å²) in [6.45, 7) is 2.63. The van der Waals surface area contributed by atoms with Crippen LogP contribution >= 0.6 is 11.6 Å². The largest absolute Gasteiger partial charge is 0.462 e. The molecule has 8 nitrogen and oxygen atoms in total. The van der Waals surface area contributed by atoms with Crippen molar-refractivity contribution in [1.29, 1.82) is 0 Å². The highest BCUT2D eigenvalue weighted by molar-refractivity contribution is 7.92. The van der Waals surface area contributed by atoms with Crippen molar-refractivity contribution in [3.05, 3.63) is 63.7 Å². The van der Waals surface area contributed by atoms with Crippen molar-refractivity contribution < 1.29 is 22.9 Å². The van der Waals surface area contributed by atoms with Gasteiger partial charge in [-0.25, -0.2) is 8.42 Å². The average Bonchev–Trinajstić information content (AvgIpc) is 2.60. The zero-order valence-electron chi connectivity index (χ0n) is 14.5. The van der Waals surface area contributed by atoms with Gasteiger partial charge in [0.15, 0.2) is 0 Å². The number of carbonyl (C=O) groups excluding carboxylic acids is 1. The highest BCUT2D eigenvalue weighted by atomic mass is 35.5. The fourth-order valence-electron chi connectivity index (χ4n) is 2.26. The number of sulfonamides is 1. The molecule has 0 saturated carbocycles. The van der Waals surface area contributed by atoms with Gasteiger partial charge in [-0.1, -0.05) is 29.8 Å². The number of esters is 1. The Morgan fingerprint density at radius 1 is 1.22 bits per heavy atom. The second-order valence-corrected chi connectivity index (χ2v) is 8.03. The van der Waals surface area contributed by atoms with Gasteiger partial charge in [-0.05, 0) is 32.0 Å². The SMILES string of the molecule is CC(C)OC(=O)CN(c1ccccc1Cl)S(=O)(=O)c1cccc([N+](=O)[O-])c1. The molecule has 0 atom stereocenters. The smallest absolute Gasteiger partial charge is 0.327 e. The number of non-ortho nitro benzene ring substituents is 1. The Balaban J connectivity index is 2.55. The first-order chi connectivity index (χ1) is 12.6. The van der Waals surface area contributed by atoms with Gasteiger partial charge < -0.3 is 4.74 Å². The van der Waals surface area contributed by atoms with Gasteiger partial charge in [-0.15, -0.1) is 0 Å². The molecule has 0 spiro atoms. The van der Waals surface area contributed by atoms with E-state index in [2.05, 4.69) is 0 Å². The van der Waals surface area contributed by atoms with E-state index in [0.29, 0.717) is 0 Å². The van der Waals surface area contributed by atoms with Crippen molar-refractivity contribution >= 4 is 39.0 Å². The maximum atomic E-state index is 13.1. The summed E-state index contributed by atoms with van der Waals surface area (Å²) in [5.41, 5.74) is -0.327. The van der Waals surface area contributed by atoms with E-state index in [1.807, 2.05) is 0 Å². The fourth-order valence-corrected chi connectivity index (χ4v) is 4.01. The molecule has 27 heavy (non-hydrogen) atoms. The maximum absolute atomic E-state index is 13.1. The molecule has 0 bridgehead atoms. The molecular weight excluding hydrogens is 396 g/mol. The zero-order valence-corrected chi connectivity index (χ0v) is 16.1. The molecule has 0 aliphatic carbocycles. The molecular formula is C17H17ClN2O6S. The second-order valence-electron chi connectivity index (χ2n) is 5.76. The van der Waals surface area contributed by atoms with Crippen LogP contribution in [0, 0.1) is 10.1 Å². The van der Waals surface area contributed by atoms with Crippen LogP contribution in [0.15, 0.2) is 53.4 Å². The Morgan fingerprint density at radius 3 is 2.48 bits per heavy atom. The molecule has 0 unspecified atom stereocenters. The number of anilines is 1. The van der Waals surface area contributed by atoms with Crippen LogP contribution in [0.3, 0.4) is 0 Å². The van der Waals surface area contributed by atoms with Crippen molar-refractivity contribution in [3.63, 3.8) is 0 Å². The number of halogens is 1. The molecule has 10 heteroatoms. The number of rotatable bonds is 7. The van der Waals surface area contributed by atoms with Crippen LogP contribution in [0.25, 0.3) is 0 Å². The maximum Gasteiger partial charge on any atom is 0.327 e. The van der Waals surface area contributed by atoms with E-state index >= 15 is 0 Å². The Kier molecular flexibility index (Phi) is 6.40. The Hall–Kier alpha value is -2.65. The van der Waals surface area contributed by atoms with Crippen molar-refractivity contribution in [2.45, 2.75) is 24.8 Å². The van der Waals surface area contributed by atoms with Crippen LogP contribution < -0.4 is 4.31 Å². The van der Waals surface area contributed by atoms with E-state index in [1.54, 1.807) is 26.0 Å². The van der Waals surface area contributed by atoms with Gasteiger partial charge in [0.25, 0.3) is 15.7 Å². The predicted octanol–water partition coefficient (Wildman–Crippen LogP) is 3.40. The molecule has 0 aliphatic rings. The van der Waals surface area contributed by atoms with Crippen LogP contribution in [0.2, 0.25) is 5.02 Å². The number of para-hydroxylation sites is 1. The lowest BCUT2D eigenvalue weighted by Crippen LogP contribution is -2.37. The Morgan fingerprint density at radius 2 is 1.89 bits per heavy atom. The van der Waals surface area contributed by atoms with Crippen molar-refractivity contribution in [3.8, 4) is 0 Å². The van der Waals surface area contributed by atoms with E-state index in [-0.39, 0.29) is 21.3 Å². The van der Waals surface area contributed by atoms with Crippen LogP contribution in [0.4, 0.5) is 11.4 Å². The number of carbonyl (C=O) groups is 1. The van der Waals surface area contributed by atoms with E-state index in [4.69, 9.17) is 16.3 Å². The minimum Gasteiger partial charge on any atom is -0.462 e. The molecule has 0 radical (unpaired) electrons. The number of nitro benzene ring substituents is 1. The monoisotopic (exact) mass is 412 g/mol. The summed E-state index contributed by atoms with van der Waals surface area (Å²) in [6, 6.07) is 10.6. The second kappa shape index (κ2) is 8.36. The lowest BCUT2D eigenvalue weighted by molar-refractivity contribution is -0.385. The number of nitro groups is 1. The average molecular weight is 413 g/mol. The lowest BCUT2D eigenvalue weighted by Gasteiger charge is -2.25. The van der Waals surface area contributed by atoms with Crippen LogP contribution in [0.5, 0.6) is 0 Å². The number of ether oxygens (including phenoxy) is 1. The van der Waals surface area contributed by atoms with Gasteiger partial charge >= 0.3 is 5.97 Å². The summed E-state index contributed by atoms with van der Waals surface area (Å²) in [6.07, 6.45) is -0.439. The molecule has 144 valence electrons. The van der Waals surface area contributed by atoms with Gasteiger partial charge in [-0.2, -0.15) is 0 Å². The standard InChI is InChI=1S/C17H17ClN2O6S/c1-12(2)26-17(21)11-19(16-9-4-3-8-15(16)18)27(24,25)14-7-5-6-13(10-14)20(22)23/h3-10,12H,11H2,1-2H3. The summed E-state index contributed by atoms with van der Waals surface area (Å²) in [4.78, 5) is 22.1. The van der Waals surface area contributed by atoms with Gasteiger partial charge in [0.2, 0.25) is 0 Å². The molecule has 0 aromatic heterocycles. The summed E-state index contributed by atoms with van der Waals surface area (Å²) in [5, 5.41) is 11.1. The third-order valence-corrected chi connectivity index (χ3v) is 5.45. The molecule has 0 saturated heterocycles. The first kappa shape index (κ1) is 20.7. The Labute approximate surface area is 161 Å². The predicted molar refractivity (Wildman–Crippen MR) is 100 cm³/mol. The molecule has 0 amide bonds. The summed E-state index contributed by atoms with van der Waals surface area (Å²) >= 11 is 6.12. The van der Waals surface area contributed by atoms with E-state index in [1.165, 1.54) is 30.3 Å². The molecule has 2 aromatic rings. The third-order valence-electron chi connectivity index (χ3n) is 3.38. The molecule has 0 fully saturated rings. The van der Waals surface area contributed by atoms with Gasteiger partial charge in [0.05, 0.1) is 26.6 Å². The minimum atomic E-state index is -4.32. The van der Waals surface area contributed by atoms with E-state index in [0.717, 1.165) is 10.4 Å². The highest BCUT2D eigenvalue weighted by Gasteiger charge is 2.30. The summed E-state index contributed by atoms with van der Waals surface area (Å²) < 4.78 is 32.1. The molecule has 0 heterocycles. The molecule has 2 rings (SSSR count). The van der Waals surface area contributed by atoms with Crippen LogP contribution in [-0.4, -0.2) is 32.0 Å². The molecule has 0 aliphatic heterocycles.